The van der Waals surface area contributed by atoms with Crippen molar-refractivity contribution in [2.45, 2.75) is 310 Å². The van der Waals surface area contributed by atoms with Gasteiger partial charge in [0.25, 0.3) is 0 Å². The van der Waals surface area contributed by atoms with Crippen LogP contribution in [0.4, 0.5) is 0 Å². The lowest BCUT2D eigenvalue weighted by molar-refractivity contribution is -0.167. The smallest absolute Gasteiger partial charge is 0.306 e. The van der Waals surface area contributed by atoms with E-state index in [1.54, 1.807) is 6.92 Å². The number of hydrogen-bond donors (Lipinski definition) is 0. The molecule has 436 valence electrons. The van der Waals surface area contributed by atoms with E-state index in [0.717, 1.165) is 83.5 Å². The van der Waals surface area contributed by atoms with Crippen molar-refractivity contribution >= 4 is 35.6 Å². The van der Waals surface area contributed by atoms with Crippen LogP contribution in [0.2, 0.25) is 0 Å². The molecule has 0 amide bonds. The van der Waals surface area contributed by atoms with Gasteiger partial charge in [0.1, 0.15) is 19.3 Å². The molecule has 2 unspecified atom stereocenters. The second kappa shape index (κ2) is 37.6. The number of allylic oxidation sites excluding steroid dienone is 1. The third kappa shape index (κ3) is 24.4. The first kappa shape index (κ1) is 65.3. The third-order valence-electron chi connectivity index (χ3n) is 18.3. The van der Waals surface area contributed by atoms with E-state index in [0.29, 0.717) is 37.0 Å². The number of unbranched alkanes of at least 4 members (excludes halogenated alkanes) is 25. The number of carbonyl (C=O) groups is 6. The minimum Gasteiger partial charge on any atom is -0.466 e. The highest BCUT2D eigenvalue weighted by Gasteiger charge is 2.60. The van der Waals surface area contributed by atoms with Gasteiger partial charge in [-0.1, -0.05) is 194 Å². The van der Waals surface area contributed by atoms with Gasteiger partial charge in [-0.05, 0) is 106 Å². The maximum atomic E-state index is 13.2. The summed E-state index contributed by atoms with van der Waals surface area (Å²) in [6, 6.07) is 0. The van der Waals surface area contributed by atoms with Crippen LogP contribution in [0.1, 0.15) is 298 Å². The summed E-state index contributed by atoms with van der Waals surface area (Å²) in [5.74, 6) is -0.259. The summed E-state index contributed by atoms with van der Waals surface area (Å²) in [7, 11) is 0. The van der Waals surface area contributed by atoms with Crippen LogP contribution in [-0.2, 0) is 52.5 Å². The molecule has 0 aromatic rings. The van der Waals surface area contributed by atoms with Crippen molar-refractivity contribution < 1.29 is 52.5 Å². The molecule has 0 radical (unpaired) electrons. The van der Waals surface area contributed by atoms with Gasteiger partial charge in [-0.25, -0.2) is 0 Å². The Morgan fingerprint density at radius 3 is 1.51 bits per heavy atom. The Morgan fingerprint density at radius 1 is 0.513 bits per heavy atom. The number of ketones is 1. The van der Waals surface area contributed by atoms with E-state index in [9.17, 15) is 28.8 Å². The SMILES string of the molecule is CCCCCCCCCCCCCCCC(=O)OCC(COC(=O)CCCCCCCCCCCCCCC)OC(=O)CC(C)CC(=O)OCCCCC(=O)OC1CC[C@H]2[C@@H]3CCC4=CC(=O)CC[C@]4(C)[C@H]3CC[C@]12C. The first-order valence-electron chi connectivity index (χ1n) is 31.9. The summed E-state index contributed by atoms with van der Waals surface area (Å²) in [6.45, 7) is 10.8. The average Bonchev–Trinajstić information content (AvgIpc) is 3.85. The zero-order valence-corrected chi connectivity index (χ0v) is 49.1. The van der Waals surface area contributed by atoms with E-state index in [1.165, 1.54) is 134 Å². The first-order valence-corrected chi connectivity index (χ1v) is 31.9. The molecule has 11 heteroatoms. The Hall–Kier alpha value is -3.24. The van der Waals surface area contributed by atoms with Crippen molar-refractivity contribution in [3.63, 3.8) is 0 Å². The van der Waals surface area contributed by atoms with Gasteiger partial charge in [-0.2, -0.15) is 0 Å². The van der Waals surface area contributed by atoms with Crippen molar-refractivity contribution in [1.29, 1.82) is 0 Å². The van der Waals surface area contributed by atoms with Crippen LogP contribution in [0.5, 0.6) is 0 Å². The molecule has 3 fully saturated rings. The van der Waals surface area contributed by atoms with Gasteiger partial charge in [0.15, 0.2) is 11.9 Å². The number of fused-ring (bicyclic) bond motifs is 5. The van der Waals surface area contributed by atoms with Crippen molar-refractivity contribution in [3.8, 4) is 0 Å². The Balaban J connectivity index is 1.09. The van der Waals surface area contributed by atoms with Crippen LogP contribution in [0.25, 0.3) is 0 Å². The van der Waals surface area contributed by atoms with Crippen LogP contribution in [0.3, 0.4) is 0 Å². The number of carbonyl (C=O) groups excluding carboxylic acids is 6. The molecule has 7 atom stereocenters. The predicted molar refractivity (Wildman–Crippen MR) is 302 cm³/mol. The topological polar surface area (TPSA) is 149 Å². The van der Waals surface area contributed by atoms with Gasteiger partial charge < -0.3 is 23.7 Å². The molecular weight excluding hydrogens is 957 g/mol. The quantitative estimate of drug-likeness (QED) is 0.0326. The van der Waals surface area contributed by atoms with E-state index in [4.69, 9.17) is 23.7 Å². The van der Waals surface area contributed by atoms with Crippen molar-refractivity contribution in [3.05, 3.63) is 11.6 Å². The van der Waals surface area contributed by atoms with Crippen molar-refractivity contribution in [2.24, 2.45) is 34.5 Å². The Kier molecular flexibility index (Phi) is 32.3. The molecule has 4 rings (SSSR count). The molecule has 0 bridgehead atoms. The van der Waals surface area contributed by atoms with Gasteiger partial charge in [0.2, 0.25) is 0 Å². The van der Waals surface area contributed by atoms with Crippen molar-refractivity contribution in [2.75, 3.05) is 19.8 Å². The molecule has 0 heterocycles. The second-order valence-corrected chi connectivity index (χ2v) is 24.7. The van der Waals surface area contributed by atoms with Gasteiger partial charge in [0, 0.05) is 43.9 Å². The Labute approximate surface area is 462 Å². The average molecular weight is 1070 g/mol. The normalized spacial score (nSPS) is 23.2. The molecule has 0 aromatic heterocycles. The zero-order chi connectivity index (χ0) is 54.9. The molecule has 3 saturated carbocycles. The summed E-state index contributed by atoms with van der Waals surface area (Å²) in [5.41, 5.74) is 1.48. The molecule has 4 aliphatic carbocycles. The van der Waals surface area contributed by atoms with E-state index < -0.39 is 18.0 Å². The van der Waals surface area contributed by atoms with Crippen LogP contribution in [0.15, 0.2) is 11.6 Å². The molecule has 76 heavy (non-hydrogen) atoms. The molecular formula is C65H110O11. The fourth-order valence-corrected chi connectivity index (χ4v) is 13.6. The lowest BCUT2D eigenvalue weighted by Crippen LogP contribution is -2.51. The fraction of sp³-hybridized carbons (Fsp3) is 0.877. The lowest BCUT2D eigenvalue weighted by Gasteiger charge is -2.57. The summed E-state index contributed by atoms with van der Waals surface area (Å²) in [5, 5.41) is 0. The maximum Gasteiger partial charge on any atom is 0.306 e. The van der Waals surface area contributed by atoms with Gasteiger partial charge >= 0.3 is 29.8 Å². The van der Waals surface area contributed by atoms with Crippen LogP contribution >= 0.6 is 0 Å². The van der Waals surface area contributed by atoms with Crippen LogP contribution < -0.4 is 0 Å². The second-order valence-electron chi connectivity index (χ2n) is 24.7. The highest BCUT2D eigenvalue weighted by Crippen LogP contribution is 2.65. The number of rotatable bonds is 43. The highest BCUT2D eigenvalue weighted by atomic mass is 16.6. The first-order chi connectivity index (χ1) is 36.8. The molecule has 4 aliphatic rings. The standard InChI is InChI=1S/C65H110O11/c1-6-8-10-12-14-16-18-20-22-24-26-28-30-34-59(67)73-49-54(50-74-60(68)35-31-29-27-25-23-21-19-17-15-13-11-9-7-2)75-63(71)47-51(3)46-62(70)72-45-33-32-36-61(69)76-58-40-39-56-55-38-37-52-48-53(66)41-43-64(52,4)57(55)42-44-65(56,58)5/h48,51,54-58H,6-47,49-50H2,1-5H3/t51?,55-,56-,57-,58?,64-,65-/m0/s1. The van der Waals surface area contributed by atoms with Gasteiger partial charge in [-0.3, -0.25) is 28.8 Å². The monoisotopic (exact) mass is 1070 g/mol. The van der Waals surface area contributed by atoms with E-state index in [2.05, 4.69) is 27.7 Å². The summed E-state index contributed by atoms with van der Waals surface area (Å²) >= 11 is 0. The maximum absolute atomic E-state index is 13.2. The number of hydrogen-bond acceptors (Lipinski definition) is 11. The molecule has 0 spiro atoms. The Morgan fingerprint density at radius 2 is 0.987 bits per heavy atom. The lowest BCUT2D eigenvalue weighted by atomic mass is 9.47. The molecule has 11 nitrogen and oxygen atoms in total. The van der Waals surface area contributed by atoms with Crippen molar-refractivity contribution in [1.82, 2.24) is 0 Å². The van der Waals surface area contributed by atoms with Gasteiger partial charge in [-0.15, -0.1) is 0 Å². The zero-order valence-electron chi connectivity index (χ0n) is 49.1. The van der Waals surface area contributed by atoms with Gasteiger partial charge in [0.05, 0.1) is 6.61 Å². The minimum absolute atomic E-state index is 0.0161. The van der Waals surface area contributed by atoms with Crippen LogP contribution in [-0.4, -0.2) is 67.7 Å². The summed E-state index contributed by atoms with van der Waals surface area (Å²) in [6.07, 6.45) is 42.3. The molecule has 0 saturated heterocycles. The summed E-state index contributed by atoms with van der Waals surface area (Å²) < 4.78 is 28.5. The predicted octanol–water partition coefficient (Wildman–Crippen LogP) is 16.5. The molecule has 0 N–H and O–H groups in total. The van der Waals surface area contributed by atoms with E-state index in [-0.39, 0.29) is 98.5 Å². The number of ether oxygens (including phenoxy) is 5. The third-order valence-corrected chi connectivity index (χ3v) is 18.3. The largest absolute Gasteiger partial charge is 0.466 e. The minimum atomic E-state index is -0.950. The number of esters is 5. The van der Waals surface area contributed by atoms with E-state index >= 15 is 0 Å². The fourth-order valence-electron chi connectivity index (χ4n) is 13.6. The summed E-state index contributed by atoms with van der Waals surface area (Å²) in [4.78, 5) is 76.8. The molecule has 0 aliphatic heterocycles. The Bertz CT molecular complexity index is 1680. The van der Waals surface area contributed by atoms with Crippen LogP contribution in [0, 0.1) is 34.5 Å². The molecule has 0 aromatic carbocycles. The highest BCUT2D eigenvalue weighted by molar-refractivity contribution is 5.91. The van der Waals surface area contributed by atoms with E-state index in [1.807, 2.05) is 6.08 Å².